The summed E-state index contributed by atoms with van der Waals surface area (Å²) in [7, 11) is 0. The zero-order valence-electron chi connectivity index (χ0n) is 10.9. The van der Waals surface area contributed by atoms with Crippen molar-refractivity contribution >= 4 is 17.6 Å². The first-order valence-electron chi connectivity index (χ1n) is 6.25. The van der Waals surface area contributed by atoms with Crippen LogP contribution < -0.4 is 11.1 Å². The molecule has 0 amide bonds. The van der Waals surface area contributed by atoms with Gasteiger partial charge in [0.15, 0.2) is 0 Å². The molecule has 0 aliphatic rings. The Kier molecular flexibility index (Phi) is 4.85. The van der Waals surface area contributed by atoms with E-state index in [4.69, 9.17) is 5.73 Å². The number of hydrogen-bond donors (Lipinski definition) is 2. The van der Waals surface area contributed by atoms with Gasteiger partial charge in [-0.2, -0.15) is 0 Å². The minimum atomic E-state index is -0.167. The van der Waals surface area contributed by atoms with E-state index in [9.17, 15) is 4.79 Å². The fourth-order valence-electron chi connectivity index (χ4n) is 2.06. The second kappa shape index (κ2) is 6.61. The SMILES string of the molecule is Cc1csc(C(NCC=O)C(N)c2ccccc2)c1. The van der Waals surface area contributed by atoms with Crippen molar-refractivity contribution in [3.8, 4) is 0 Å². The lowest BCUT2D eigenvalue weighted by atomic mass is 9.98. The van der Waals surface area contributed by atoms with Crippen molar-refractivity contribution in [1.29, 1.82) is 0 Å². The highest BCUT2D eigenvalue weighted by atomic mass is 32.1. The van der Waals surface area contributed by atoms with Crippen molar-refractivity contribution in [3.05, 3.63) is 57.8 Å². The number of aldehydes is 1. The lowest BCUT2D eigenvalue weighted by Gasteiger charge is -2.23. The largest absolute Gasteiger partial charge is 0.322 e. The molecule has 0 fully saturated rings. The Labute approximate surface area is 117 Å². The van der Waals surface area contributed by atoms with Crippen LogP contribution in [0.15, 0.2) is 41.8 Å². The third kappa shape index (κ3) is 3.50. The van der Waals surface area contributed by atoms with E-state index in [1.807, 2.05) is 30.3 Å². The van der Waals surface area contributed by atoms with E-state index < -0.39 is 0 Å². The molecule has 3 N–H and O–H groups in total. The van der Waals surface area contributed by atoms with E-state index >= 15 is 0 Å². The molecule has 4 heteroatoms. The maximum absolute atomic E-state index is 10.6. The third-order valence-corrected chi connectivity index (χ3v) is 4.16. The van der Waals surface area contributed by atoms with E-state index in [2.05, 4.69) is 23.7 Å². The summed E-state index contributed by atoms with van der Waals surface area (Å²) in [4.78, 5) is 11.8. The highest BCUT2D eigenvalue weighted by Crippen LogP contribution is 2.30. The number of rotatable bonds is 6. The molecule has 0 aliphatic carbocycles. The van der Waals surface area contributed by atoms with Crippen LogP contribution in [-0.4, -0.2) is 12.8 Å². The van der Waals surface area contributed by atoms with Gasteiger partial charge in [-0.25, -0.2) is 0 Å². The van der Waals surface area contributed by atoms with Gasteiger partial charge in [0.25, 0.3) is 0 Å². The molecule has 0 saturated carbocycles. The Morgan fingerprint density at radius 3 is 2.68 bits per heavy atom. The first-order valence-corrected chi connectivity index (χ1v) is 7.13. The second-order valence-corrected chi connectivity index (χ2v) is 5.46. The molecular formula is C15H18N2OS. The van der Waals surface area contributed by atoms with Gasteiger partial charge in [-0.1, -0.05) is 30.3 Å². The van der Waals surface area contributed by atoms with Crippen molar-refractivity contribution in [2.24, 2.45) is 5.73 Å². The normalized spacial score (nSPS) is 14.0. The summed E-state index contributed by atoms with van der Waals surface area (Å²) >= 11 is 1.67. The van der Waals surface area contributed by atoms with Gasteiger partial charge in [0.2, 0.25) is 0 Å². The fourth-order valence-corrected chi connectivity index (χ4v) is 3.08. The molecule has 0 saturated heterocycles. The topological polar surface area (TPSA) is 55.1 Å². The van der Waals surface area contributed by atoms with Crippen LogP contribution >= 0.6 is 11.3 Å². The zero-order chi connectivity index (χ0) is 13.7. The lowest BCUT2D eigenvalue weighted by molar-refractivity contribution is -0.107. The predicted molar refractivity (Wildman–Crippen MR) is 79.2 cm³/mol. The maximum Gasteiger partial charge on any atom is 0.133 e. The number of carbonyl (C=O) groups is 1. The number of nitrogens with two attached hydrogens (primary N) is 1. The maximum atomic E-state index is 10.6. The van der Waals surface area contributed by atoms with Crippen molar-refractivity contribution in [3.63, 3.8) is 0 Å². The Hall–Kier alpha value is -1.49. The third-order valence-electron chi connectivity index (χ3n) is 3.02. The van der Waals surface area contributed by atoms with Crippen LogP contribution in [0, 0.1) is 6.92 Å². The highest BCUT2D eigenvalue weighted by molar-refractivity contribution is 7.10. The molecule has 0 bridgehead atoms. The van der Waals surface area contributed by atoms with E-state index in [0.717, 1.165) is 16.7 Å². The van der Waals surface area contributed by atoms with Crippen molar-refractivity contribution in [1.82, 2.24) is 5.32 Å². The van der Waals surface area contributed by atoms with Gasteiger partial charge in [0.1, 0.15) is 6.29 Å². The van der Waals surface area contributed by atoms with Crippen LogP contribution in [0.4, 0.5) is 0 Å². The van der Waals surface area contributed by atoms with Gasteiger partial charge in [-0.05, 0) is 29.5 Å². The van der Waals surface area contributed by atoms with Crippen molar-refractivity contribution in [2.75, 3.05) is 6.54 Å². The molecule has 2 aromatic rings. The summed E-state index contributed by atoms with van der Waals surface area (Å²) in [5.74, 6) is 0. The number of aryl methyl sites for hydroxylation is 1. The smallest absolute Gasteiger partial charge is 0.133 e. The van der Waals surface area contributed by atoms with E-state index in [1.54, 1.807) is 11.3 Å². The Bertz CT molecular complexity index is 524. The van der Waals surface area contributed by atoms with Gasteiger partial charge < -0.3 is 15.8 Å². The average Bonchev–Trinajstić information content (AvgIpc) is 2.86. The van der Waals surface area contributed by atoms with Crippen LogP contribution in [-0.2, 0) is 4.79 Å². The van der Waals surface area contributed by atoms with E-state index in [-0.39, 0.29) is 12.1 Å². The number of benzene rings is 1. The molecule has 0 spiro atoms. The Morgan fingerprint density at radius 1 is 1.37 bits per heavy atom. The molecule has 2 unspecified atom stereocenters. The van der Waals surface area contributed by atoms with Crippen molar-refractivity contribution in [2.45, 2.75) is 19.0 Å². The fraction of sp³-hybridized carbons (Fsp3) is 0.267. The number of nitrogens with one attached hydrogen (secondary N) is 1. The highest BCUT2D eigenvalue weighted by Gasteiger charge is 2.21. The monoisotopic (exact) mass is 274 g/mol. The molecule has 0 radical (unpaired) electrons. The van der Waals surface area contributed by atoms with Gasteiger partial charge in [0, 0.05) is 4.88 Å². The number of thiophene rings is 1. The molecule has 1 aromatic carbocycles. The molecule has 0 aliphatic heterocycles. The Morgan fingerprint density at radius 2 is 2.11 bits per heavy atom. The molecule has 3 nitrogen and oxygen atoms in total. The summed E-state index contributed by atoms with van der Waals surface area (Å²) < 4.78 is 0. The molecule has 2 rings (SSSR count). The summed E-state index contributed by atoms with van der Waals surface area (Å²) in [5, 5.41) is 5.31. The molecule has 2 atom stereocenters. The second-order valence-electron chi connectivity index (χ2n) is 4.52. The first kappa shape index (κ1) is 13.9. The summed E-state index contributed by atoms with van der Waals surface area (Å²) in [5.41, 5.74) is 8.64. The quantitative estimate of drug-likeness (QED) is 0.796. The Balaban J connectivity index is 2.24. The molecular weight excluding hydrogens is 256 g/mol. The molecule has 1 heterocycles. The van der Waals surface area contributed by atoms with Crippen LogP contribution in [0.25, 0.3) is 0 Å². The van der Waals surface area contributed by atoms with Gasteiger partial charge in [-0.3, -0.25) is 0 Å². The van der Waals surface area contributed by atoms with E-state index in [1.165, 1.54) is 5.56 Å². The van der Waals surface area contributed by atoms with E-state index in [0.29, 0.717) is 6.54 Å². The molecule has 100 valence electrons. The first-order chi connectivity index (χ1) is 9.22. The minimum absolute atomic E-state index is 0.0358. The molecule has 1 aromatic heterocycles. The van der Waals surface area contributed by atoms with Crippen LogP contribution in [0.2, 0.25) is 0 Å². The number of carbonyl (C=O) groups excluding carboxylic acids is 1. The summed E-state index contributed by atoms with van der Waals surface area (Å²) in [6.45, 7) is 2.37. The number of hydrogen-bond acceptors (Lipinski definition) is 4. The van der Waals surface area contributed by atoms with Crippen LogP contribution in [0.3, 0.4) is 0 Å². The van der Waals surface area contributed by atoms with Gasteiger partial charge in [-0.15, -0.1) is 11.3 Å². The average molecular weight is 274 g/mol. The minimum Gasteiger partial charge on any atom is -0.322 e. The summed E-state index contributed by atoms with van der Waals surface area (Å²) in [6.07, 6.45) is 0.866. The van der Waals surface area contributed by atoms with Gasteiger partial charge in [0.05, 0.1) is 18.6 Å². The van der Waals surface area contributed by atoms with Crippen LogP contribution in [0.1, 0.15) is 28.1 Å². The zero-order valence-corrected chi connectivity index (χ0v) is 11.7. The summed E-state index contributed by atoms with van der Waals surface area (Å²) in [6, 6.07) is 11.9. The van der Waals surface area contributed by atoms with Gasteiger partial charge >= 0.3 is 0 Å². The van der Waals surface area contributed by atoms with Crippen LogP contribution in [0.5, 0.6) is 0 Å². The standard InChI is InChI=1S/C15H18N2OS/c1-11-9-13(19-10-11)15(17-7-8-18)14(16)12-5-3-2-4-6-12/h2-6,8-10,14-15,17H,7,16H2,1H3. The van der Waals surface area contributed by atoms with Crippen molar-refractivity contribution < 1.29 is 4.79 Å². The molecule has 19 heavy (non-hydrogen) atoms. The predicted octanol–water partition coefficient (Wildman–Crippen LogP) is 2.59. The lowest BCUT2D eigenvalue weighted by Crippen LogP contribution is -2.32.